The molecule has 0 aliphatic carbocycles. The van der Waals surface area contributed by atoms with Crippen LogP contribution < -0.4 is 5.32 Å². The molecule has 134 valence electrons. The molecule has 7 heteroatoms. The first-order valence-electron chi connectivity index (χ1n) is 7.92. The minimum atomic E-state index is -0.278. The van der Waals surface area contributed by atoms with Crippen LogP contribution in [0.1, 0.15) is 10.4 Å². The van der Waals surface area contributed by atoms with Crippen LogP contribution in [0.4, 0.5) is 5.69 Å². The van der Waals surface area contributed by atoms with E-state index in [2.05, 4.69) is 32.9 Å². The summed E-state index contributed by atoms with van der Waals surface area (Å²) in [5, 5.41) is 3.90. The second-order valence-corrected chi connectivity index (χ2v) is 7.88. The third kappa shape index (κ3) is 3.95. The number of nitrogens with zero attached hydrogens (tertiary/aromatic N) is 1. The lowest BCUT2D eigenvalue weighted by atomic mass is 10.2. The molecule has 27 heavy (non-hydrogen) atoms. The highest BCUT2D eigenvalue weighted by Crippen LogP contribution is 2.27. The fraction of sp³-hybridized carbons (Fsp3) is 0. The van der Waals surface area contributed by atoms with E-state index in [0.29, 0.717) is 38.3 Å². The van der Waals surface area contributed by atoms with Crippen molar-refractivity contribution in [3.63, 3.8) is 0 Å². The molecule has 4 aromatic rings. The lowest BCUT2D eigenvalue weighted by Gasteiger charge is -2.07. The van der Waals surface area contributed by atoms with Gasteiger partial charge < -0.3 is 9.73 Å². The molecule has 0 saturated carbocycles. The maximum absolute atomic E-state index is 12.5. The summed E-state index contributed by atoms with van der Waals surface area (Å²) in [5.74, 6) is 0.213. The van der Waals surface area contributed by atoms with Crippen LogP contribution in [0.2, 0.25) is 10.0 Å². The predicted octanol–water partition coefficient (Wildman–Crippen LogP) is 6.66. The van der Waals surface area contributed by atoms with Gasteiger partial charge in [-0.05, 0) is 83.3 Å². The van der Waals surface area contributed by atoms with Gasteiger partial charge in [-0.15, -0.1) is 0 Å². The number of oxazole rings is 1. The molecule has 1 aromatic heterocycles. The topological polar surface area (TPSA) is 55.1 Å². The van der Waals surface area contributed by atoms with Crippen LogP contribution in [0.15, 0.2) is 65.1 Å². The molecule has 0 aliphatic rings. The van der Waals surface area contributed by atoms with E-state index < -0.39 is 0 Å². The Bertz CT molecular complexity index is 1160. The van der Waals surface area contributed by atoms with E-state index >= 15 is 0 Å². The number of carbonyl (C=O) groups excluding carboxylic acids is 1. The summed E-state index contributed by atoms with van der Waals surface area (Å²) in [6.07, 6.45) is 0. The highest BCUT2D eigenvalue weighted by Gasteiger charge is 2.13. The lowest BCUT2D eigenvalue weighted by Crippen LogP contribution is -2.12. The number of hydrogen-bond donors (Lipinski definition) is 1. The first-order valence-corrected chi connectivity index (χ1v) is 9.76. The molecule has 1 amide bonds. The Morgan fingerprint density at radius 3 is 2.56 bits per heavy atom. The molecule has 0 atom stereocenters. The summed E-state index contributed by atoms with van der Waals surface area (Å²) >= 11 is 14.2. The minimum Gasteiger partial charge on any atom is -0.436 e. The van der Waals surface area contributed by atoms with Gasteiger partial charge in [-0.25, -0.2) is 4.98 Å². The van der Waals surface area contributed by atoms with E-state index in [-0.39, 0.29) is 5.91 Å². The molecular formula is C20H11Cl2IN2O2. The first kappa shape index (κ1) is 18.3. The summed E-state index contributed by atoms with van der Waals surface area (Å²) in [7, 11) is 0. The van der Waals surface area contributed by atoms with Crippen molar-refractivity contribution >= 4 is 68.5 Å². The predicted molar refractivity (Wildman–Crippen MR) is 117 cm³/mol. The molecule has 3 aromatic carbocycles. The molecule has 1 N–H and O–H groups in total. The van der Waals surface area contributed by atoms with Gasteiger partial charge in [0.25, 0.3) is 5.91 Å². The van der Waals surface area contributed by atoms with Gasteiger partial charge in [0.1, 0.15) is 5.52 Å². The zero-order chi connectivity index (χ0) is 19.0. The van der Waals surface area contributed by atoms with Gasteiger partial charge in [-0.3, -0.25) is 4.79 Å². The molecule has 0 unspecified atom stereocenters. The molecule has 0 spiro atoms. The number of hydrogen-bond acceptors (Lipinski definition) is 3. The third-order valence-corrected chi connectivity index (χ3v) is 5.16. The Morgan fingerprint density at radius 1 is 1.00 bits per heavy atom. The van der Waals surface area contributed by atoms with Crippen molar-refractivity contribution in [1.29, 1.82) is 0 Å². The molecule has 0 saturated heterocycles. The minimum absolute atomic E-state index is 0.278. The third-order valence-electron chi connectivity index (χ3n) is 3.91. The molecule has 0 aliphatic heterocycles. The maximum Gasteiger partial charge on any atom is 0.257 e. The van der Waals surface area contributed by atoms with Crippen molar-refractivity contribution in [2.24, 2.45) is 0 Å². The maximum atomic E-state index is 12.5. The monoisotopic (exact) mass is 508 g/mol. The Balaban J connectivity index is 1.62. The summed E-state index contributed by atoms with van der Waals surface area (Å²) in [6, 6.07) is 17.8. The van der Waals surface area contributed by atoms with E-state index in [0.717, 1.165) is 9.13 Å². The Labute approximate surface area is 178 Å². The highest BCUT2D eigenvalue weighted by atomic mass is 127. The largest absolute Gasteiger partial charge is 0.436 e. The zero-order valence-electron chi connectivity index (χ0n) is 13.7. The number of halogens is 3. The molecule has 1 heterocycles. The van der Waals surface area contributed by atoms with Gasteiger partial charge in [0.2, 0.25) is 5.89 Å². The molecule has 4 rings (SSSR count). The first-order chi connectivity index (χ1) is 13.0. The van der Waals surface area contributed by atoms with Crippen molar-refractivity contribution in [3.05, 3.63) is 79.8 Å². The molecule has 0 bridgehead atoms. The smallest absolute Gasteiger partial charge is 0.257 e. The van der Waals surface area contributed by atoms with E-state index in [9.17, 15) is 4.79 Å². The van der Waals surface area contributed by atoms with Crippen molar-refractivity contribution < 1.29 is 9.21 Å². The lowest BCUT2D eigenvalue weighted by molar-refractivity contribution is 0.102. The summed E-state index contributed by atoms with van der Waals surface area (Å²) in [6.45, 7) is 0. The van der Waals surface area contributed by atoms with Crippen LogP contribution in [0, 0.1) is 3.57 Å². The Morgan fingerprint density at radius 2 is 1.78 bits per heavy atom. The second kappa shape index (κ2) is 7.50. The number of carbonyl (C=O) groups is 1. The van der Waals surface area contributed by atoms with Crippen molar-refractivity contribution in [3.8, 4) is 11.5 Å². The van der Waals surface area contributed by atoms with Crippen molar-refractivity contribution in [2.45, 2.75) is 0 Å². The highest BCUT2D eigenvalue weighted by molar-refractivity contribution is 14.1. The van der Waals surface area contributed by atoms with Crippen LogP contribution >= 0.6 is 45.8 Å². The molecule has 0 fully saturated rings. The van der Waals surface area contributed by atoms with Crippen LogP contribution in [0.3, 0.4) is 0 Å². The van der Waals surface area contributed by atoms with E-state index in [1.165, 1.54) is 0 Å². The fourth-order valence-electron chi connectivity index (χ4n) is 2.59. The van der Waals surface area contributed by atoms with Crippen LogP contribution in [-0.2, 0) is 0 Å². The number of rotatable bonds is 3. The van der Waals surface area contributed by atoms with E-state index in [1.54, 1.807) is 42.5 Å². The van der Waals surface area contributed by atoms with Crippen molar-refractivity contribution in [1.82, 2.24) is 4.98 Å². The number of fused-ring (bicyclic) bond motifs is 1. The SMILES string of the molecule is O=C(Nc1ccc2oc(-c3ccc(Cl)cc3)nc2c1)c1cc(I)ccc1Cl. The number of benzene rings is 3. The van der Waals surface area contributed by atoms with E-state index in [4.69, 9.17) is 27.6 Å². The number of anilines is 1. The van der Waals surface area contributed by atoms with Gasteiger partial charge in [0, 0.05) is 19.8 Å². The summed E-state index contributed by atoms with van der Waals surface area (Å²) in [4.78, 5) is 17.0. The standard InChI is InChI=1S/C20H11Cl2IN2O2/c21-12-3-1-11(2-4-12)20-25-17-10-14(6-8-18(17)27-20)24-19(26)15-9-13(23)5-7-16(15)22/h1-10H,(H,24,26). The molecule has 4 nitrogen and oxygen atoms in total. The molecular weight excluding hydrogens is 498 g/mol. The van der Waals surface area contributed by atoms with Crippen LogP contribution in [0.25, 0.3) is 22.6 Å². The summed E-state index contributed by atoms with van der Waals surface area (Å²) in [5.41, 5.74) is 3.13. The normalized spacial score (nSPS) is 10.9. The van der Waals surface area contributed by atoms with Gasteiger partial charge in [0.15, 0.2) is 5.58 Å². The fourth-order valence-corrected chi connectivity index (χ4v) is 3.41. The quantitative estimate of drug-likeness (QED) is 0.315. The average Bonchev–Trinajstić information content (AvgIpc) is 3.07. The summed E-state index contributed by atoms with van der Waals surface area (Å²) < 4.78 is 6.72. The zero-order valence-corrected chi connectivity index (χ0v) is 17.3. The molecule has 0 radical (unpaired) electrons. The van der Waals surface area contributed by atoms with Gasteiger partial charge >= 0.3 is 0 Å². The van der Waals surface area contributed by atoms with Gasteiger partial charge in [-0.2, -0.15) is 0 Å². The number of aromatic nitrogens is 1. The van der Waals surface area contributed by atoms with Crippen LogP contribution in [0.5, 0.6) is 0 Å². The van der Waals surface area contributed by atoms with Crippen LogP contribution in [-0.4, -0.2) is 10.9 Å². The van der Waals surface area contributed by atoms with Crippen molar-refractivity contribution in [2.75, 3.05) is 5.32 Å². The van der Waals surface area contributed by atoms with E-state index in [1.807, 2.05) is 18.2 Å². The Kier molecular flexibility index (Phi) is 5.08. The number of amides is 1. The van der Waals surface area contributed by atoms with Gasteiger partial charge in [-0.1, -0.05) is 23.2 Å². The second-order valence-electron chi connectivity index (χ2n) is 5.79. The number of nitrogens with one attached hydrogen (secondary N) is 1. The average molecular weight is 509 g/mol. The van der Waals surface area contributed by atoms with Gasteiger partial charge in [0.05, 0.1) is 10.6 Å². The Hall–Kier alpha value is -2.09.